The topological polar surface area (TPSA) is 32.9 Å². The number of rotatable bonds is 3. The van der Waals surface area contributed by atoms with Crippen molar-refractivity contribution in [3.63, 3.8) is 0 Å². The van der Waals surface area contributed by atoms with E-state index in [4.69, 9.17) is 0 Å². The number of H-pyrrole nitrogens is 1. The van der Waals surface area contributed by atoms with Crippen molar-refractivity contribution in [2.75, 3.05) is 0 Å². The molecule has 0 radical (unpaired) electrons. The second-order valence-corrected chi connectivity index (χ2v) is 6.40. The van der Waals surface area contributed by atoms with Gasteiger partial charge in [-0.05, 0) is 41.7 Å². The molecule has 0 spiro atoms. The zero-order valence-electron chi connectivity index (χ0n) is 14.3. The van der Waals surface area contributed by atoms with Gasteiger partial charge in [0.05, 0.1) is 5.69 Å². The van der Waals surface area contributed by atoms with E-state index < -0.39 is 0 Å². The lowest BCUT2D eigenvalue weighted by molar-refractivity contribution is 0.112. The summed E-state index contributed by atoms with van der Waals surface area (Å²) in [6.07, 6.45) is 0.952. The number of carbonyl (C=O) groups excluding carboxylic acids is 1. The van der Waals surface area contributed by atoms with Gasteiger partial charge in [0.2, 0.25) is 0 Å². The highest BCUT2D eigenvalue weighted by molar-refractivity contribution is 6.05. The summed E-state index contributed by atoms with van der Waals surface area (Å²) in [5.41, 5.74) is 8.45. The standard InChI is InChI=1S/C23H19NO/c1-15-8-13-20-21(14-25)23(24-22(20)16(15)2)19-11-9-18(10-12-19)17-6-4-3-5-7-17/h3-14,24H,1-2H3. The zero-order chi connectivity index (χ0) is 17.4. The third kappa shape index (κ3) is 2.56. The third-order valence-electron chi connectivity index (χ3n) is 4.94. The molecular weight excluding hydrogens is 306 g/mol. The highest BCUT2D eigenvalue weighted by Gasteiger charge is 2.14. The predicted octanol–water partition coefficient (Wildman–Crippen LogP) is 5.93. The van der Waals surface area contributed by atoms with Gasteiger partial charge in [-0.3, -0.25) is 4.79 Å². The van der Waals surface area contributed by atoms with Crippen LogP contribution in [0, 0.1) is 13.8 Å². The fourth-order valence-corrected chi connectivity index (χ4v) is 3.34. The number of fused-ring (bicyclic) bond motifs is 1. The molecule has 1 heterocycles. The van der Waals surface area contributed by atoms with E-state index in [0.29, 0.717) is 0 Å². The summed E-state index contributed by atoms with van der Waals surface area (Å²) < 4.78 is 0. The highest BCUT2D eigenvalue weighted by atomic mass is 16.1. The van der Waals surface area contributed by atoms with E-state index in [1.165, 1.54) is 22.3 Å². The normalized spacial score (nSPS) is 11.0. The fraction of sp³-hybridized carbons (Fsp3) is 0.0870. The average Bonchev–Trinajstić information content (AvgIpc) is 3.05. The Balaban J connectivity index is 1.84. The number of hydrogen-bond donors (Lipinski definition) is 1. The molecule has 0 bridgehead atoms. The van der Waals surface area contributed by atoms with E-state index in [2.05, 4.69) is 61.3 Å². The van der Waals surface area contributed by atoms with Crippen LogP contribution in [-0.2, 0) is 0 Å². The number of aromatic nitrogens is 1. The van der Waals surface area contributed by atoms with E-state index in [-0.39, 0.29) is 0 Å². The Kier molecular flexibility index (Phi) is 3.73. The van der Waals surface area contributed by atoms with Crippen LogP contribution in [-0.4, -0.2) is 11.3 Å². The first kappa shape index (κ1) is 15.4. The molecule has 0 aliphatic carbocycles. The van der Waals surface area contributed by atoms with E-state index in [1.807, 2.05) is 24.3 Å². The summed E-state index contributed by atoms with van der Waals surface area (Å²) in [6.45, 7) is 4.18. The van der Waals surface area contributed by atoms with Gasteiger partial charge in [0.1, 0.15) is 0 Å². The maximum absolute atomic E-state index is 11.7. The van der Waals surface area contributed by atoms with Crippen LogP contribution in [0.5, 0.6) is 0 Å². The number of aryl methyl sites for hydroxylation is 2. The Morgan fingerprint density at radius 2 is 1.40 bits per heavy atom. The van der Waals surface area contributed by atoms with E-state index >= 15 is 0 Å². The SMILES string of the molecule is Cc1ccc2c(C=O)c(-c3ccc(-c4ccccc4)cc3)[nH]c2c1C. The second-order valence-electron chi connectivity index (χ2n) is 6.40. The predicted molar refractivity (Wildman–Crippen MR) is 104 cm³/mol. The van der Waals surface area contributed by atoms with Crippen molar-refractivity contribution in [1.82, 2.24) is 4.98 Å². The molecule has 0 fully saturated rings. The molecule has 122 valence electrons. The van der Waals surface area contributed by atoms with Gasteiger partial charge >= 0.3 is 0 Å². The number of hydrogen-bond acceptors (Lipinski definition) is 1. The van der Waals surface area contributed by atoms with Crippen molar-refractivity contribution in [3.05, 3.63) is 83.4 Å². The van der Waals surface area contributed by atoms with Crippen LogP contribution in [0.15, 0.2) is 66.7 Å². The molecule has 1 aromatic heterocycles. The van der Waals surface area contributed by atoms with Crippen molar-refractivity contribution in [1.29, 1.82) is 0 Å². The molecule has 2 nitrogen and oxygen atoms in total. The first-order valence-electron chi connectivity index (χ1n) is 8.42. The second kappa shape index (κ2) is 6.06. The molecule has 0 saturated carbocycles. The Labute approximate surface area is 147 Å². The van der Waals surface area contributed by atoms with Crippen molar-refractivity contribution in [3.8, 4) is 22.4 Å². The van der Waals surface area contributed by atoms with Gasteiger partial charge in [0.25, 0.3) is 0 Å². The van der Waals surface area contributed by atoms with E-state index in [0.717, 1.165) is 34.0 Å². The Morgan fingerprint density at radius 3 is 2.08 bits per heavy atom. The molecule has 0 amide bonds. The minimum absolute atomic E-state index is 0.727. The molecule has 25 heavy (non-hydrogen) atoms. The molecule has 0 aliphatic rings. The minimum atomic E-state index is 0.727. The van der Waals surface area contributed by atoms with E-state index in [1.54, 1.807) is 0 Å². The van der Waals surface area contributed by atoms with Crippen LogP contribution in [0.3, 0.4) is 0 Å². The minimum Gasteiger partial charge on any atom is -0.354 e. The molecule has 0 atom stereocenters. The number of nitrogens with one attached hydrogen (secondary N) is 1. The van der Waals surface area contributed by atoms with Gasteiger partial charge in [-0.2, -0.15) is 0 Å². The number of aldehydes is 1. The van der Waals surface area contributed by atoms with Crippen LogP contribution in [0.1, 0.15) is 21.5 Å². The molecule has 4 rings (SSSR count). The quantitative estimate of drug-likeness (QED) is 0.465. The van der Waals surface area contributed by atoms with Crippen molar-refractivity contribution < 1.29 is 4.79 Å². The maximum Gasteiger partial charge on any atom is 0.152 e. The molecule has 4 aromatic rings. The lowest BCUT2D eigenvalue weighted by Crippen LogP contribution is -1.85. The first-order valence-corrected chi connectivity index (χ1v) is 8.42. The average molecular weight is 325 g/mol. The van der Waals surface area contributed by atoms with Gasteiger partial charge in [0.15, 0.2) is 6.29 Å². The number of benzene rings is 3. The van der Waals surface area contributed by atoms with Crippen LogP contribution in [0.25, 0.3) is 33.3 Å². The van der Waals surface area contributed by atoms with E-state index in [9.17, 15) is 4.79 Å². The monoisotopic (exact) mass is 325 g/mol. The summed E-state index contributed by atoms with van der Waals surface area (Å²) in [7, 11) is 0. The summed E-state index contributed by atoms with van der Waals surface area (Å²) in [6, 6.07) is 22.7. The highest BCUT2D eigenvalue weighted by Crippen LogP contribution is 2.32. The van der Waals surface area contributed by atoms with Crippen molar-refractivity contribution in [2.45, 2.75) is 13.8 Å². The zero-order valence-corrected chi connectivity index (χ0v) is 14.3. The summed E-state index contributed by atoms with van der Waals surface area (Å²) in [4.78, 5) is 15.2. The van der Waals surface area contributed by atoms with Crippen molar-refractivity contribution in [2.24, 2.45) is 0 Å². The lowest BCUT2D eigenvalue weighted by Gasteiger charge is -2.04. The molecule has 2 heteroatoms. The first-order chi connectivity index (χ1) is 12.2. The van der Waals surface area contributed by atoms with Crippen LogP contribution < -0.4 is 0 Å². The van der Waals surface area contributed by atoms with Crippen LogP contribution in [0.2, 0.25) is 0 Å². The van der Waals surface area contributed by atoms with Crippen LogP contribution >= 0.6 is 0 Å². The molecule has 0 saturated heterocycles. The van der Waals surface area contributed by atoms with Gasteiger partial charge in [-0.1, -0.05) is 66.7 Å². The molecule has 0 aliphatic heterocycles. The Hall–Kier alpha value is -3.13. The van der Waals surface area contributed by atoms with Gasteiger partial charge < -0.3 is 4.98 Å². The summed E-state index contributed by atoms with van der Waals surface area (Å²) >= 11 is 0. The lowest BCUT2D eigenvalue weighted by atomic mass is 10.0. The van der Waals surface area contributed by atoms with Gasteiger partial charge in [-0.15, -0.1) is 0 Å². The number of carbonyl (C=O) groups is 1. The summed E-state index contributed by atoms with van der Waals surface area (Å²) in [5.74, 6) is 0. The molecular formula is C23H19NO. The Bertz CT molecular complexity index is 1060. The van der Waals surface area contributed by atoms with Gasteiger partial charge in [-0.25, -0.2) is 0 Å². The fourth-order valence-electron chi connectivity index (χ4n) is 3.34. The third-order valence-corrected chi connectivity index (χ3v) is 4.94. The molecule has 3 aromatic carbocycles. The molecule has 0 unspecified atom stereocenters. The maximum atomic E-state index is 11.7. The summed E-state index contributed by atoms with van der Waals surface area (Å²) in [5, 5.41) is 0.986. The smallest absolute Gasteiger partial charge is 0.152 e. The molecule has 1 N–H and O–H groups in total. The largest absolute Gasteiger partial charge is 0.354 e. The van der Waals surface area contributed by atoms with Crippen molar-refractivity contribution >= 4 is 17.2 Å². The van der Waals surface area contributed by atoms with Crippen LogP contribution in [0.4, 0.5) is 0 Å². The Morgan fingerprint density at radius 1 is 0.760 bits per heavy atom. The number of aromatic amines is 1. The van der Waals surface area contributed by atoms with Gasteiger partial charge in [0, 0.05) is 16.5 Å².